The first-order valence-electron chi connectivity index (χ1n) is 9.28. The summed E-state index contributed by atoms with van der Waals surface area (Å²) >= 11 is 5.75. The normalized spacial score (nSPS) is 20.6. The lowest BCUT2D eigenvalue weighted by atomic mass is 9.87. The Balaban J connectivity index is 1.83. The summed E-state index contributed by atoms with van der Waals surface area (Å²) in [6.45, 7) is 4.03. The standard InChI is InChI=1S/C20H29ClN2O2S/c1-3-14-23(2)15-4-5-17-6-10-19(11-7-17)22-26(24,25)20-12-8-18(16-21)9-13-20/h8-9,12-13,17,19,22H,3,6-7,10-11,14-16H2,1-2H3. The van der Waals surface area contributed by atoms with Crippen molar-refractivity contribution in [1.82, 2.24) is 9.62 Å². The van der Waals surface area contributed by atoms with Crippen LogP contribution in [0.15, 0.2) is 29.2 Å². The van der Waals surface area contributed by atoms with Gasteiger partial charge in [-0.15, -0.1) is 11.6 Å². The van der Waals surface area contributed by atoms with Crippen LogP contribution in [0.1, 0.15) is 44.6 Å². The molecule has 0 aromatic heterocycles. The zero-order chi connectivity index (χ0) is 19.0. The number of alkyl halides is 1. The van der Waals surface area contributed by atoms with Crippen LogP contribution in [0.5, 0.6) is 0 Å². The van der Waals surface area contributed by atoms with Crippen molar-refractivity contribution in [3.63, 3.8) is 0 Å². The Labute approximate surface area is 163 Å². The number of hydrogen-bond acceptors (Lipinski definition) is 3. The number of sulfonamides is 1. The molecule has 1 aliphatic carbocycles. The van der Waals surface area contributed by atoms with Gasteiger partial charge in [0.15, 0.2) is 0 Å². The molecule has 2 rings (SSSR count). The molecule has 1 aromatic rings. The third-order valence-corrected chi connectivity index (χ3v) is 6.54. The molecule has 26 heavy (non-hydrogen) atoms. The first-order valence-corrected chi connectivity index (χ1v) is 11.3. The predicted molar refractivity (Wildman–Crippen MR) is 108 cm³/mol. The summed E-state index contributed by atoms with van der Waals surface area (Å²) in [7, 11) is -1.39. The minimum absolute atomic E-state index is 0.00600. The maximum atomic E-state index is 12.5. The first-order chi connectivity index (χ1) is 12.4. The van der Waals surface area contributed by atoms with Gasteiger partial charge in [-0.1, -0.05) is 30.9 Å². The average Bonchev–Trinajstić information content (AvgIpc) is 2.63. The molecule has 6 heteroatoms. The number of hydrogen-bond donors (Lipinski definition) is 1. The number of rotatable bonds is 7. The second-order valence-electron chi connectivity index (χ2n) is 7.01. The van der Waals surface area contributed by atoms with Crippen molar-refractivity contribution in [3.8, 4) is 11.8 Å². The maximum absolute atomic E-state index is 12.5. The van der Waals surface area contributed by atoms with E-state index in [1.165, 1.54) is 0 Å². The number of nitrogens with zero attached hydrogens (tertiary/aromatic N) is 1. The Hall–Kier alpha value is -1.06. The average molecular weight is 397 g/mol. The van der Waals surface area contributed by atoms with Crippen LogP contribution < -0.4 is 4.72 Å². The number of halogens is 1. The van der Waals surface area contributed by atoms with Gasteiger partial charge in [0.05, 0.1) is 11.4 Å². The van der Waals surface area contributed by atoms with Crippen molar-refractivity contribution in [2.24, 2.45) is 5.92 Å². The van der Waals surface area contributed by atoms with E-state index in [0.717, 1.165) is 50.8 Å². The van der Waals surface area contributed by atoms with Gasteiger partial charge in [0.2, 0.25) is 10.0 Å². The molecule has 0 radical (unpaired) electrons. The van der Waals surface area contributed by atoms with E-state index in [0.29, 0.717) is 16.7 Å². The van der Waals surface area contributed by atoms with E-state index in [9.17, 15) is 8.42 Å². The van der Waals surface area contributed by atoms with Crippen LogP contribution in [0.2, 0.25) is 0 Å². The van der Waals surface area contributed by atoms with Crippen LogP contribution in [0.4, 0.5) is 0 Å². The third kappa shape index (κ3) is 6.59. The maximum Gasteiger partial charge on any atom is 0.240 e. The molecular formula is C20H29ClN2O2S. The molecule has 144 valence electrons. The van der Waals surface area contributed by atoms with Gasteiger partial charge in [0, 0.05) is 17.8 Å². The van der Waals surface area contributed by atoms with E-state index in [4.69, 9.17) is 11.6 Å². The second-order valence-corrected chi connectivity index (χ2v) is 8.99. The molecule has 0 saturated heterocycles. The van der Waals surface area contributed by atoms with Gasteiger partial charge < -0.3 is 0 Å². The lowest BCUT2D eigenvalue weighted by Crippen LogP contribution is -2.37. The first kappa shape index (κ1) is 21.2. The second kappa shape index (κ2) is 10.3. The van der Waals surface area contributed by atoms with E-state index in [-0.39, 0.29) is 6.04 Å². The van der Waals surface area contributed by atoms with Gasteiger partial charge in [-0.05, 0) is 63.4 Å². The Kier molecular flexibility index (Phi) is 8.43. The summed E-state index contributed by atoms with van der Waals surface area (Å²) in [6, 6.07) is 6.73. The molecule has 0 heterocycles. The van der Waals surface area contributed by atoms with Crippen LogP contribution in [0, 0.1) is 17.8 Å². The molecule has 0 atom stereocenters. The highest BCUT2D eigenvalue weighted by Crippen LogP contribution is 2.25. The summed E-state index contributed by atoms with van der Waals surface area (Å²) in [4.78, 5) is 2.52. The summed E-state index contributed by atoms with van der Waals surface area (Å²) in [5.41, 5.74) is 0.911. The fourth-order valence-electron chi connectivity index (χ4n) is 3.19. The van der Waals surface area contributed by atoms with Gasteiger partial charge >= 0.3 is 0 Å². The van der Waals surface area contributed by atoms with Gasteiger partial charge in [-0.2, -0.15) is 0 Å². The van der Waals surface area contributed by atoms with E-state index < -0.39 is 10.0 Å². The molecule has 0 bridgehead atoms. The van der Waals surface area contributed by atoms with Crippen LogP contribution in [0.25, 0.3) is 0 Å². The minimum atomic E-state index is -3.47. The van der Waals surface area contributed by atoms with Crippen molar-refractivity contribution in [3.05, 3.63) is 29.8 Å². The van der Waals surface area contributed by atoms with Crippen molar-refractivity contribution in [2.45, 2.75) is 55.8 Å². The molecule has 1 aliphatic rings. The number of nitrogens with one attached hydrogen (secondary N) is 1. The Morgan fingerprint density at radius 2 is 1.85 bits per heavy atom. The summed E-state index contributed by atoms with van der Waals surface area (Å²) in [5.74, 6) is 7.39. The smallest absolute Gasteiger partial charge is 0.240 e. The Bertz CT molecular complexity index is 714. The van der Waals surface area contributed by atoms with Crippen LogP contribution in [-0.4, -0.2) is 39.5 Å². The summed E-state index contributed by atoms with van der Waals surface area (Å²) in [6.07, 6.45) is 4.70. The van der Waals surface area contributed by atoms with E-state index in [1.54, 1.807) is 24.3 Å². The van der Waals surface area contributed by atoms with Crippen LogP contribution >= 0.6 is 11.6 Å². The van der Waals surface area contributed by atoms with E-state index >= 15 is 0 Å². The Morgan fingerprint density at radius 3 is 2.42 bits per heavy atom. The van der Waals surface area contributed by atoms with Gasteiger partial charge in [-0.25, -0.2) is 13.1 Å². The molecule has 1 N–H and O–H groups in total. The lowest BCUT2D eigenvalue weighted by Gasteiger charge is -2.26. The predicted octanol–water partition coefficient (Wildman–Crippen LogP) is 3.61. The van der Waals surface area contributed by atoms with Crippen LogP contribution in [-0.2, 0) is 15.9 Å². The van der Waals surface area contributed by atoms with Gasteiger partial charge in [-0.3, -0.25) is 4.90 Å². The molecular weight excluding hydrogens is 368 g/mol. The highest BCUT2D eigenvalue weighted by Gasteiger charge is 2.25. The van der Waals surface area contributed by atoms with Gasteiger partial charge in [0.1, 0.15) is 0 Å². The molecule has 0 amide bonds. The van der Waals surface area contributed by atoms with Gasteiger partial charge in [0.25, 0.3) is 0 Å². The minimum Gasteiger partial charge on any atom is -0.295 e. The number of benzene rings is 1. The summed E-state index contributed by atoms with van der Waals surface area (Å²) in [5, 5.41) is 0. The van der Waals surface area contributed by atoms with Crippen LogP contribution in [0.3, 0.4) is 0 Å². The van der Waals surface area contributed by atoms with Crippen molar-refractivity contribution in [2.75, 3.05) is 20.1 Å². The molecule has 0 aliphatic heterocycles. The third-order valence-electron chi connectivity index (χ3n) is 4.70. The van der Waals surface area contributed by atoms with E-state index in [2.05, 4.69) is 35.4 Å². The summed E-state index contributed by atoms with van der Waals surface area (Å²) < 4.78 is 27.9. The quantitative estimate of drug-likeness (QED) is 0.565. The molecule has 1 fully saturated rings. The zero-order valence-corrected chi connectivity index (χ0v) is 17.2. The fourth-order valence-corrected chi connectivity index (χ4v) is 4.67. The highest BCUT2D eigenvalue weighted by molar-refractivity contribution is 7.89. The highest BCUT2D eigenvalue weighted by atomic mass is 35.5. The van der Waals surface area contributed by atoms with E-state index in [1.807, 2.05) is 0 Å². The monoisotopic (exact) mass is 396 g/mol. The molecule has 1 aromatic carbocycles. The SMILES string of the molecule is CCCN(C)CC#CC1CCC(NS(=O)(=O)c2ccc(CCl)cc2)CC1. The molecule has 4 nitrogen and oxygen atoms in total. The topological polar surface area (TPSA) is 49.4 Å². The fraction of sp³-hybridized carbons (Fsp3) is 0.600. The van der Waals surface area contributed by atoms with Crippen molar-refractivity contribution < 1.29 is 8.42 Å². The zero-order valence-electron chi connectivity index (χ0n) is 15.7. The molecule has 0 spiro atoms. The lowest BCUT2D eigenvalue weighted by molar-refractivity contribution is 0.361. The molecule has 0 unspecified atom stereocenters. The molecule has 1 saturated carbocycles. The van der Waals surface area contributed by atoms with Crippen molar-refractivity contribution >= 4 is 21.6 Å². The Morgan fingerprint density at radius 1 is 1.19 bits per heavy atom. The largest absolute Gasteiger partial charge is 0.295 e. The van der Waals surface area contributed by atoms with Crippen molar-refractivity contribution in [1.29, 1.82) is 0 Å².